The van der Waals surface area contributed by atoms with E-state index in [1.165, 1.54) is 30.2 Å². The molecule has 49 heavy (non-hydrogen) atoms. The molecule has 1 aromatic rings. The van der Waals surface area contributed by atoms with Crippen LogP contribution in [0.2, 0.25) is 0 Å². The lowest BCUT2D eigenvalue weighted by Crippen LogP contribution is -2.61. The lowest BCUT2D eigenvalue weighted by atomic mass is 9.80. The number of likely N-dealkylation sites (N-methyl/N-ethyl adjacent to an activating group) is 1. The second-order valence-electron chi connectivity index (χ2n) is 15.2. The zero-order valence-electron chi connectivity index (χ0n) is 29.5. The van der Waals surface area contributed by atoms with E-state index < -0.39 is 63.1 Å². The van der Waals surface area contributed by atoms with Crippen molar-refractivity contribution in [1.82, 2.24) is 30.5 Å². The van der Waals surface area contributed by atoms with Gasteiger partial charge in [0.2, 0.25) is 27.6 Å². The first-order valence-electron chi connectivity index (χ1n) is 17.0. The number of nitrogens with one attached hydrogen (secondary N) is 4. The van der Waals surface area contributed by atoms with E-state index in [0.717, 1.165) is 23.6 Å². The van der Waals surface area contributed by atoms with Crippen LogP contribution in [0.1, 0.15) is 60.3 Å². The Morgan fingerprint density at radius 3 is 2.29 bits per heavy atom. The van der Waals surface area contributed by atoms with Crippen LogP contribution in [0.25, 0.3) is 0 Å². The highest BCUT2D eigenvalue weighted by molar-refractivity contribution is 7.89. The lowest BCUT2D eigenvalue weighted by Gasteiger charge is -2.38. The van der Waals surface area contributed by atoms with Crippen LogP contribution in [0.4, 0.5) is 4.79 Å². The average Bonchev–Trinajstić information content (AvgIpc) is 3.33. The zero-order valence-corrected chi connectivity index (χ0v) is 30.3. The fourth-order valence-electron chi connectivity index (χ4n) is 6.99. The molecule has 5 atom stereocenters. The quantitative estimate of drug-likeness (QED) is 0.160. The molecule has 0 radical (unpaired) electrons. The number of carbonyl (C=O) groups is 5. The maximum Gasteiger partial charge on any atom is 0.315 e. The Morgan fingerprint density at radius 1 is 1.06 bits per heavy atom. The Balaban J connectivity index is 1.45. The van der Waals surface area contributed by atoms with Crippen LogP contribution in [0.5, 0.6) is 0 Å². The van der Waals surface area contributed by atoms with Crippen LogP contribution < -0.4 is 21.3 Å². The van der Waals surface area contributed by atoms with E-state index >= 15 is 0 Å². The van der Waals surface area contributed by atoms with Gasteiger partial charge in [-0.15, -0.1) is 6.58 Å². The first-order chi connectivity index (χ1) is 22.9. The normalized spacial score (nSPS) is 22.6. The van der Waals surface area contributed by atoms with Crippen LogP contribution in [0.15, 0.2) is 47.9 Å². The van der Waals surface area contributed by atoms with Gasteiger partial charge in [-0.2, -0.15) is 4.31 Å². The summed E-state index contributed by atoms with van der Waals surface area (Å²) >= 11 is 0. The van der Waals surface area contributed by atoms with Crippen molar-refractivity contribution in [2.45, 2.75) is 83.3 Å². The summed E-state index contributed by atoms with van der Waals surface area (Å²) in [7, 11) is -2.32. The van der Waals surface area contributed by atoms with Gasteiger partial charge in [0.15, 0.2) is 0 Å². The summed E-state index contributed by atoms with van der Waals surface area (Å²) < 4.78 is 26.8. The summed E-state index contributed by atoms with van der Waals surface area (Å²) in [6, 6.07) is 4.40. The monoisotopic (exact) mass is 700 g/mol. The maximum absolute atomic E-state index is 14.2. The highest BCUT2D eigenvalue weighted by atomic mass is 32.2. The lowest BCUT2D eigenvalue weighted by molar-refractivity contribution is -0.145. The predicted octanol–water partition coefficient (Wildman–Crippen LogP) is 2.05. The third-order valence-electron chi connectivity index (χ3n) is 10.4. The smallest absolute Gasteiger partial charge is 0.315 e. The molecular formula is C35H52N6O7S. The first kappa shape index (κ1) is 38.0. The maximum atomic E-state index is 14.2. The Labute approximate surface area is 290 Å². The number of nitrogens with zero attached hydrogens (tertiary/aromatic N) is 2. The van der Waals surface area contributed by atoms with Crippen LogP contribution in [0.3, 0.4) is 0 Å². The molecule has 1 heterocycles. The predicted molar refractivity (Wildman–Crippen MR) is 184 cm³/mol. The van der Waals surface area contributed by atoms with E-state index in [9.17, 15) is 32.4 Å². The Kier molecular flexibility index (Phi) is 11.6. The second kappa shape index (κ2) is 15.0. The fraction of sp³-hybridized carbons (Fsp3) is 0.629. The topological polar surface area (TPSA) is 174 Å². The van der Waals surface area contributed by atoms with Crippen molar-refractivity contribution in [1.29, 1.82) is 0 Å². The van der Waals surface area contributed by atoms with Crippen molar-refractivity contribution in [2.24, 2.45) is 28.6 Å². The molecule has 1 saturated heterocycles. The largest absolute Gasteiger partial charge is 0.346 e. The number of sulfonamides is 1. The van der Waals surface area contributed by atoms with Crippen LogP contribution in [-0.4, -0.2) is 98.5 Å². The van der Waals surface area contributed by atoms with E-state index in [-0.39, 0.29) is 47.7 Å². The van der Waals surface area contributed by atoms with Crippen molar-refractivity contribution in [3.05, 3.63) is 43.0 Å². The number of piperidine rings is 1. The third kappa shape index (κ3) is 8.51. The average molecular weight is 701 g/mol. The van der Waals surface area contributed by atoms with Gasteiger partial charge >= 0.3 is 6.03 Å². The first-order valence-corrected chi connectivity index (χ1v) is 18.4. The number of amides is 5. The van der Waals surface area contributed by atoms with Gasteiger partial charge in [-0.05, 0) is 47.1 Å². The molecule has 2 aliphatic carbocycles. The molecule has 270 valence electrons. The number of hydrogen-bond donors (Lipinski definition) is 4. The summed E-state index contributed by atoms with van der Waals surface area (Å²) in [5.41, 5.74) is -0.959. The summed E-state index contributed by atoms with van der Waals surface area (Å²) in [5.74, 6) is -2.31. The molecule has 1 aliphatic heterocycles. The molecular weight excluding hydrogens is 648 g/mol. The van der Waals surface area contributed by atoms with Crippen LogP contribution >= 0.6 is 0 Å². The van der Waals surface area contributed by atoms with Gasteiger partial charge in [0.25, 0.3) is 5.91 Å². The van der Waals surface area contributed by atoms with Gasteiger partial charge in [0, 0.05) is 33.2 Å². The molecule has 0 bridgehead atoms. The fourth-order valence-corrected chi connectivity index (χ4v) is 8.18. The minimum absolute atomic E-state index is 0.00204. The standard InChI is InChI=1S/C35H52N6O7S/c1-8-17-36-31(44)28(42)25(20-22-13-12-14-22)38-30(43)27-26-24(35(26,5)6)21-41(27)32(45)29(34(2,3)4)39-33(46)37-18-19-40(7)49(47,48)23-15-10-9-11-16-23/h8-11,15-16,22,24-27,29H,1,12-14,17-21H2,2-7H3,(H,36,44)(H,38,43)(H2,37,39,46)/t24-,25+,26-,27-,29+/m0/s1. The number of Topliss-reactive ketones (excluding diaryl/α,β-unsaturated/α-hetero) is 1. The van der Waals surface area contributed by atoms with Gasteiger partial charge in [0.1, 0.15) is 12.1 Å². The number of carbonyl (C=O) groups excluding carboxylic acids is 5. The number of ketones is 1. The molecule has 4 rings (SSSR count). The number of rotatable bonds is 15. The molecule has 0 aromatic heterocycles. The molecule has 14 heteroatoms. The van der Waals surface area contributed by atoms with Crippen molar-refractivity contribution in [2.75, 3.05) is 33.2 Å². The van der Waals surface area contributed by atoms with Crippen LogP contribution in [0, 0.1) is 28.6 Å². The zero-order chi connectivity index (χ0) is 36.3. The molecule has 4 N–H and O–H groups in total. The Hall–Kier alpha value is -3.78. The highest BCUT2D eigenvalue weighted by Crippen LogP contribution is 2.65. The molecule has 2 saturated carbocycles. The number of likely N-dealkylation sites (tertiary alicyclic amines) is 1. The number of benzene rings is 1. The molecule has 13 nitrogen and oxygen atoms in total. The van der Waals surface area contributed by atoms with E-state index in [1.54, 1.807) is 39.0 Å². The summed E-state index contributed by atoms with van der Waals surface area (Å²) in [5, 5.41) is 10.8. The molecule has 5 amide bonds. The third-order valence-corrected chi connectivity index (χ3v) is 12.2. The van der Waals surface area contributed by atoms with Crippen LogP contribution in [-0.2, 0) is 29.2 Å². The number of urea groups is 1. The molecule has 3 aliphatic rings. The Bertz CT molecular complexity index is 1540. The van der Waals surface area contributed by atoms with Gasteiger partial charge in [0.05, 0.1) is 10.9 Å². The molecule has 0 unspecified atom stereocenters. The molecule has 3 fully saturated rings. The Morgan fingerprint density at radius 2 is 1.71 bits per heavy atom. The van der Waals surface area contributed by atoms with Crippen molar-refractivity contribution >= 4 is 39.6 Å². The minimum Gasteiger partial charge on any atom is -0.346 e. The van der Waals surface area contributed by atoms with Gasteiger partial charge < -0.3 is 26.2 Å². The van der Waals surface area contributed by atoms with Gasteiger partial charge in [-0.25, -0.2) is 13.2 Å². The van der Waals surface area contributed by atoms with E-state index in [0.29, 0.717) is 13.0 Å². The van der Waals surface area contributed by atoms with Crippen molar-refractivity contribution in [3.63, 3.8) is 0 Å². The summed E-state index contributed by atoms with van der Waals surface area (Å²) in [6.07, 6.45) is 4.68. The van der Waals surface area contributed by atoms with Gasteiger partial charge in [-0.3, -0.25) is 19.2 Å². The molecule has 1 aromatic carbocycles. The second-order valence-corrected chi connectivity index (χ2v) is 17.2. The van der Waals surface area contributed by atoms with Crippen molar-refractivity contribution < 1.29 is 32.4 Å². The number of fused-ring (bicyclic) bond motifs is 1. The van der Waals surface area contributed by atoms with Crippen molar-refractivity contribution in [3.8, 4) is 0 Å². The molecule has 0 spiro atoms. The minimum atomic E-state index is -3.75. The van der Waals surface area contributed by atoms with E-state index in [2.05, 4.69) is 27.8 Å². The SMILES string of the molecule is C=CCNC(=O)C(=O)[C@@H](CC1CCC1)NC(=O)[C@@H]1[C@@H]2[C@H](CN1C(=O)[C@@H](NC(=O)NCCN(C)S(=O)(=O)c1ccccc1)C(C)(C)C)C2(C)C. The summed E-state index contributed by atoms with van der Waals surface area (Å²) in [6.45, 7) is 13.5. The van der Waals surface area contributed by atoms with E-state index in [4.69, 9.17) is 0 Å². The highest BCUT2D eigenvalue weighted by Gasteiger charge is 2.70. The number of hydrogen-bond acceptors (Lipinski definition) is 7. The summed E-state index contributed by atoms with van der Waals surface area (Å²) in [4.78, 5) is 68.8. The van der Waals surface area contributed by atoms with E-state index in [1.807, 2.05) is 13.8 Å². The van der Waals surface area contributed by atoms with Gasteiger partial charge in [-0.1, -0.05) is 78.2 Å².